The van der Waals surface area contributed by atoms with Gasteiger partial charge >= 0.3 is 0 Å². The lowest BCUT2D eigenvalue weighted by molar-refractivity contribution is 1.10. The number of hydrogen-bond donors (Lipinski definition) is 2. The van der Waals surface area contributed by atoms with Crippen LogP contribution in [-0.4, -0.2) is 24.3 Å². The minimum atomic E-state index is 0.611. The van der Waals surface area contributed by atoms with Crippen LogP contribution in [0.2, 0.25) is 0 Å². The van der Waals surface area contributed by atoms with Gasteiger partial charge in [-0.05, 0) is 0 Å². The molecule has 0 aliphatic heterocycles. The van der Waals surface area contributed by atoms with Crippen LogP contribution in [0, 0.1) is 0 Å². The fourth-order valence-electron chi connectivity index (χ4n) is 0.646. The molecule has 3 N–H and O–H groups in total. The van der Waals surface area contributed by atoms with Crippen molar-refractivity contribution in [3.63, 3.8) is 0 Å². The molecule has 4 heteroatoms. The summed E-state index contributed by atoms with van der Waals surface area (Å²) in [5, 5.41) is 6.39. The summed E-state index contributed by atoms with van der Waals surface area (Å²) >= 11 is 0. The van der Waals surface area contributed by atoms with Crippen molar-refractivity contribution in [2.75, 3.05) is 24.7 Å². The first-order valence-electron chi connectivity index (χ1n) is 2.68. The summed E-state index contributed by atoms with van der Waals surface area (Å²) in [6.07, 6.45) is 1.69. The SMILES string of the molecule is CN(C)c1cn[nH]c1N. The molecule has 0 fully saturated rings. The number of aromatic amines is 1. The third kappa shape index (κ3) is 0.960. The lowest BCUT2D eigenvalue weighted by Gasteiger charge is -2.08. The Hall–Kier alpha value is -1.19. The van der Waals surface area contributed by atoms with Crippen molar-refractivity contribution in [1.82, 2.24) is 10.2 Å². The van der Waals surface area contributed by atoms with E-state index in [0.717, 1.165) is 5.69 Å². The summed E-state index contributed by atoms with van der Waals surface area (Å²) in [4.78, 5) is 1.90. The maximum Gasteiger partial charge on any atom is 0.142 e. The maximum atomic E-state index is 5.48. The summed E-state index contributed by atoms with van der Waals surface area (Å²) in [6.45, 7) is 0. The van der Waals surface area contributed by atoms with Crippen LogP contribution in [0.5, 0.6) is 0 Å². The highest BCUT2D eigenvalue weighted by molar-refractivity contribution is 5.60. The first-order valence-corrected chi connectivity index (χ1v) is 2.68. The van der Waals surface area contributed by atoms with Crippen molar-refractivity contribution < 1.29 is 0 Å². The number of nitrogens with two attached hydrogens (primary N) is 1. The van der Waals surface area contributed by atoms with Gasteiger partial charge in [-0.2, -0.15) is 5.10 Å². The van der Waals surface area contributed by atoms with Gasteiger partial charge in [0.1, 0.15) is 5.82 Å². The number of nitrogen functional groups attached to an aromatic ring is 1. The standard InChI is InChI=1S/C5H10N4/c1-9(2)4-3-7-8-5(4)6/h3H,1-2H3,(H3,6,7,8). The van der Waals surface area contributed by atoms with Gasteiger partial charge in [0.15, 0.2) is 0 Å². The second-order valence-electron chi connectivity index (χ2n) is 2.06. The molecule has 4 nitrogen and oxygen atoms in total. The third-order valence-corrected chi connectivity index (χ3v) is 1.13. The van der Waals surface area contributed by atoms with Gasteiger partial charge in [-0.15, -0.1) is 0 Å². The fraction of sp³-hybridized carbons (Fsp3) is 0.400. The Bertz CT molecular complexity index is 191. The molecule has 0 bridgehead atoms. The summed E-state index contributed by atoms with van der Waals surface area (Å²) in [5.41, 5.74) is 6.41. The van der Waals surface area contributed by atoms with Crippen molar-refractivity contribution in [2.45, 2.75) is 0 Å². The molecule has 0 unspecified atom stereocenters. The van der Waals surface area contributed by atoms with E-state index in [2.05, 4.69) is 10.2 Å². The van der Waals surface area contributed by atoms with Crippen LogP contribution in [0.1, 0.15) is 0 Å². The van der Waals surface area contributed by atoms with Gasteiger partial charge in [-0.3, -0.25) is 5.10 Å². The highest BCUT2D eigenvalue weighted by Crippen LogP contribution is 2.15. The molecule has 0 aromatic carbocycles. The van der Waals surface area contributed by atoms with Crippen molar-refractivity contribution in [1.29, 1.82) is 0 Å². The zero-order valence-electron chi connectivity index (χ0n) is 5.55. The normalized spacial score (nSPS) is 9.56. The molecule has 1 aromatic rings. The number of hydrogen-bond acceptors (Lipinski definition) is 3. The lowest BCUT2D eigenvalue weighted by atomic mass is 10.5. The van der Waals surface area contributed by atoms with Gasteiger partial charge in [0.25, 0.3) is 0 Å². The van der Waals surface area contributed by atoms with Gasteiger partial charge in [-0.1, -0.05) is 0 Å². The number of rotatable bonds is 1. The molecule has 50 valence electrons. The highest BCUT2D eigenvalue weighted by atomic mass is 15.2. The summed E-state index contributed by atoms with van der Waals surface area (Å²) < 4.78 is 0. The van der Waals surface area contributed by atoms with E-state index < -0.39 is 0 Å². The van der Waals surface area contributed by atoms with Crippen LogP contribution >= 0.6 is 0 Å². The minimum Gasteiger partial charge on any atom is -0.382 e. The molecule has 0 aliphatic carbocycles. The molecule has 0 amide bonds. The number of H-pyrrole nitrogens is 1. The summed E-state index contributed by atoms with van der Waals surface area (Å²) in [6, 6.07) is 0. The van der Waals surface area contributed by atoms with Crippen molar-refractivity contribution in [2.24, 2.45) is 0 Å². The molecule has 0 aliphatic rings. The maximum absolute atomic E-state index is 5.48. The second-order valence-corrected chi connectivity index (χ2v) is 2.06. The Kier molecular flexibility index (Phi) is 1.30. The molecule has 0 saturated carbocycles. The van der Waals surface area contributed by atoms with Gasteiger partial charge in [-0.25, -0.2) is 0 Å². The van der Waals surface area contributed by atoms with Crippen molar-refractivity contribution in [3.8, 4) is 0 Å². The first-order chi connectivity index (χ1) is 4.22. The number of anilines is 2. The van der Waals surface area contributed by atoms with Crippen LogP contribution in [0.25, 0.3) is 0 Å². The van der Waals surface area contributed by atoms with E-state index in [1.165, 1.54) is 0 Å². The van der Waals surface area contributed by atoms with E-state index in [0.29, 0.717) is 5.82 Å². The summed E-state index contributed by atoms with van der Waals surface area (Å²) in [5.74, 6) is 0.611. The van der Waals surface area contributed by atoms with Gasteiger partial charge in [0, 0.05) is 14.1 Å². The smallest absolute Gasteiger partial charge is 0.142 e. The van der Waals surface area contributed by atoms with Crippen LogP contribution in [0.15, 0.2) is 6.20 Å². The number of aromatic nitrogens is 2. The van der Waals surface area contributed by atoms with E-state index in [-0.39, 0.29) is 0 Å². The Morgan fingerprint density at radius 3 is 2.56 bits per heavy atom. The molecule has 0 saturated heterocycles. The van der Waals surface area contributed by atoms with Crippen molar-refractivity contribution >= 4 is 11.5 Å². The predicted octanol–water partition coefficient (Wildman–Crippen LogP) is 0.0579. The minimum absolute atomic E-state index is 0.611. The second kappa shape index (κ2) is 1.97. The topological polar surface area (TPSA) is 57.9 Å². The molecule has 0 atom stereocenters. The van der Waals surface area contributed by atoms with Crippen LogP contribution in [0.3, 0.4) is 0 Å². The number of nitrogens with one attached hydrogen (secondary N) is 1. The molecule has 1 aromatic heterocycles. The molecular weight excluding hydrogens is 116 g/mol. The fourth-order valence-corrected chi connectivity index (χ4v) is 0.646. The number of nitrogens with zero attached hydrogens (tertiary/aromatic N) is 2. The molecule has 0 spiro atoms. The van der Waals surface area contributed by atoms with Gasteiger partial charge < -0.3 is 10.6 Å². The molecule has 9 heavy (non-hydrogen) atoms. The van der Waals surface area contributed by atoms with E-state index in [9.17, 15) is 0 Å². The van der Waals surface area contributed by atoms with E-state index in [1.807, 2.05) is 19.0 Å². The zero-order chi connectivity index (χ0) is 6.85. The average Bonchev–Trinajstić information content (AvgIpc) is 2.13. The zero-order valence-corrected chi connectivity index (χ0v) is 5.55. The van der Waals surface area contributed by atoms with Crippen LogP contribution in [-0.2, 0) is 0 Å². The van der Waals surface area contributed by atoms with E-state index in [4.69, 9.17) is 5.73 Å². The molecule has 0 radical (unpaired) electrons. The Morgan fingerprint density at radius 2 is 2.33 bits per heavy atom. The van der Waals surface area contributed by atoms with Crippen molar-refractivity contribution in [3.05, 3.63) is 6.20 Å². The molecule has 1 rings (SSSR count). The molecule has 1 heterocycles. The third-order valence-electron chi connectivity index (χ3n) is 1.13. The lowest BCUT2D eigenvalue weighted by Crippen LogP contribution is -2.09. The summed E-state index contributed by atoms with van der Waals surface area (Å²) in [7, 11) is 3.84. The monoisotopic (exact) mass is 126 g/mol. The highest BCUT2D eigenvalue weighted by Gasteiger charge is 2.00. The Morgan fingerprint density at radius 1 is 1.67 bits per heavy atom. The Balaban J connectivity index is 2.94. The van der Waals surface area contributed by atoms with E-state index >= 15 is 0 Å². The molecular formula is C5H10N4. The predicted molar refractivity (Wildman–Crippen MR) is 37.3 cm³/mol. The van der Waals surface area contributed by atoms with Crippen LogP contribution in [0.4, 0.5) is 11.5 Å². The quantitative estimate of drug-likeness (QED) is 0.559. The van der Waals surface area contributed by atoms with Gasteiger partial charge in [0.05, 0.1) is 11.9 Å². The first kappa shape index (κ1) is 5.94. The van der Waals surface area contributed by atoms with E-state index in [1.54, 1.807) is 6.20 Å². The average molecular weight is 126 g/mol. The van der Waals surface area contributed by atoms with Crippen LogP contribution < -0.4 is 10.6 Å². The Labute approximate surface area is 53.7 Å². The largest absolute Gasteiger partial charge is 0.382 e. The van der Waals surface area contributed by atoms with Gasteiger partial charge in [0.2, 0.25) is 0 Å².